The smallest absolute Gasteiger partial charge is 0.289 e. The lowest BCUT2D eigenvalue weighted by molar-refractivity contribution is -0.141. The van der Waals surface area contributed by atoms with E-state index in [1.54, 1.807) is 43.3 Å². The SMILES string of the molecule is CCCCCc1ccc(-c2nc(C)c(C(=O)N[C@H](CCCN)C(=O)N(C)[C@@H]3C(=O)N[C@@H](C)C(=O)N[C@H](C(=O)NCC#N)Cc4ccc(OCCN)c(c4)-c4cc3ccc4OCCN)o2)cc1. The minimum Gasteiger partial charge on any atom is -0.492 e. The number of nitrogens with zero attached hydrogens (tertiary/aromatic N) is 3. The Balaban J connectivity index is 1.55. The van der Waals surface area contributed by atoms with Gasteiger partial charge in [-0.1, -0.05) is 44.0 Å². The molecule has 1 aromatic heterocycles. The highest BCUT2D eigenvalue weighted by Gasteiger charge is 2.36. The number of aryl methyl sites for hydroxylation is 2. The van der Waals surface area contributed by atoms with Crippen LogP contribution in [0.5, 0.6) is 11.5 Å². The van der Waals surface area contributed by atoms with E-state index in [2.05, 4.69) is 33.2 Å². The predicted molar refractivity (Wildman–Crippen MR) is 248 cm³/mol. The van der Waals surface area contributed by atoms with Crippen molar-refractivity contribution < 1.29 is 37.9 Å². The summed E-state index contributed by atoms with van der Waals surface area (Å²) in [6.45, 7) is 5.82. The first kappa shape index (κ1) is 50.2. The first-order valence-electron chi connectivity index (χ1n) is 22.4. The van der Waals surface area contributed by atoms with Gasteiger partial charge < -0.3 is 57.3 Å². The van der Waals surface area contributed by atoms with Crippen LogP contribution in [0.15, 0.2) is 65.1 Å². The molecule has 3 aromatic carbocycles. The van der Waals surface area contributed by atoms with Gasteiger partial charge in [0.2, 0.25) is 35.3 Å². The Morgan fingerprint density at radius 3 is 2.26 bits per heavy atom. The number of fused-ring (bicyclic) bond motifs is 5. The summed E-state index contributed by atoms with van der Waals surface area (Å²) >= 11 is 0. The molecular formula is C48H62N10O8. The maximum atomic E-state index is 14.8. The van der Waals surface area contributed by atoms with E-state index in [9.17, 15) is 29.2 Å². The molecule has 66 heavy (non-hydrogen) atoms. The van der Waals surface area contributed by atoms with Crippen molar-refractivity contribution in [2.45, 2.75) is 89.9 Å². The molecule has 1 aliphatic heterocycles. The molecule has 1 aliphatic rings. The quantitative estimate of drug-likeness (QED) is 0.0497. The fourth-order valence-corrected chi connectivity index (χ4v) is 7.63. The summed E-state index contributed by atoms with van der Waals surface area (Å²) in [6.07, 6.45) is 4.77. The topological polar surface area (TPSA) is 283 Å². The normalized spacial score (nSPS) is 16.4. The van der Waals surface area contributed by atoms with E-state index in [1.807, 2.05) is 30.3 Å². The molecule has 0 aliphatic carbocycles. The number of hydrogen-bond acceptors (Lipinski definition) is 13. The van der Waals surface area contributed by atoms with E-state index in [4.69, 9.17) is 31.1 Å². The van der Waals surface area contributed by atoms with Gasteiger partial charge in [-0.05, 0) is 99.2 Å². The third kappa shape index (κ3) is 12.9. The number of amides is 5. The molecule has 18 heteroatoms. The molecule has 0 saturated heterocycles. The van der Waals surface area contributed by atoms with Crippen LogP contribution in [0.3, 0.4) is 0 Å². The Bertz CT molecular complexity index is 2360. The predicted octanol–water partition coefficient (Wildman–Crippen LogP) is 2.95. The van der Waals surface area contributed by atoms with Crippen LogP contribution in [0.4, 0.5) is 0 Å². The number of likely N-dealkylation sites (N-methyl/N-ethyl adjacent to an activating group) is 1. The van der Waals surface area contributed by atoms with Crippen molar-refractivity contribution in [2.75, 3.05) is 46.4 Å². The van der Waals surface area contributed by atoms with Gasteiger partial charge in [-0.3, -0.25) is 24.0 Å². The van der Waals surface area contributed by atoms with Crippen LogP contribution >= 0.6 is 0 Å². The van der Waals surface area contributed by atoms with Gasteiger partial charge in [-0.15, -0.1) is 0 Å². The van der Waals surface area contributed by atoms with Crippen molar-refractivity contribution in [1.82, 2.24) is 31.2 Å². The molecular weight excluding hydrogens is 845 g/mol. The highest BCUT2D eigenvalue weighted by atomic mass is 16.5. The van der Waals surface area contributed by atoms with Crippen LogP contribution in [0, 0.1) is 18.3 Å². The van der Waals surface area contributed by atoms with Crippen molar-refractivity contribution in [3.63, 3.8) is 0 Å². The van der Waals surface area contributed by atoms with E-state index >= 15 is 0 Å². The van der Waals surface area contributed by atoms with E-state index in [0.29, 0.717) is 51.4 Å². The molecule has 2 heterocycles. The fraction of sp³-hybridized carbons (Fsp3) is 0.438. The number of nitrogens with one attached hydrogen (secondary N) is 4. The Morgan fingerprint density at radius 2 is 1.61 bits per heavy atom. The van der Waals surface area contributed by atoms with Crippen molar-refractivity contribution in [3.8, 4) is 40.1 Å². The maximum absolute atomic E-state index is 14.8. The molecule has 4 atom stereocenters. The number of carbonyl (C=O) groups excluding carboxylic acids is 5. The second kappa shape index (κ2) is 24.5. The fourth-order valence-electron chi connectivity index (χ4n) is 7.63. The molecule has 352 valence electrons. The molecule has 4 bridgehead atoms. The zero-order chi connectivity index (χ0) is 47.8. The Hall–Kier alpha value is -6.81. The number of nitriles is 1. The number of ether oxygens (including phenoxy) is 2. The number of carbonyl (C=O) groups is 5. The maximum Gasteiger partial charge on any atom is 0.289 e. The average Bonchev–Trinajstić information content (AvgIpc) is 3.71. The molecule has 0 radical (unpaired) electrons. The summed E-state index contributed by atoms with van der Waals surface area (Å²) < 4.78 is 18.2. The lowest BCUT2D eigenvalue weighted by Gasteiger charge is -2.32. The number of hydrogen-bond donors (Lipinski definition) is 7. The van der Waals surface area contributed by atoms with Gasteiger partial charge in [0.25, 0.3) is 5.91 Å². The number of aromatic nitrogens is 1. The van der Waals surface area contributed by atoms with Crippen molar-refractivity contribution in [2.24, 2.45) is 17.2 Å². The number of oxazole rings is 1. The van der Waals surface area contributed by atoms with E-state index in [-0.39, 0.29) is 63.9 Å². The zero-order valence-electron chi connectivity index (χ0n) is 38.1. The molecule has 18 nitrogen and oxygen atoms in total. The number of nitrogens with two attached hydrogens (primary N) is 3. The van der Waals surface area contributed by atoms with Crippen molar-refractivity contribution >= 4 is 29.5 Å². The number of benzene rings is 3. The summed E-state index contributed by atoms with van der Waals surface area (Å²) in [6, 6.07) is 14.9. The van der Waals surface area contributed by atoms with Gasteiger partial charge in [-0.25, -0.2) is 4.98 Å². The van der Waals surface area contributed by atoms with Gasteiger partial charge in [0.05, 0.1) is 11.8 Å². The van der Waals surface area contributed by atoms with Gasteiger partial charge in [0, 0.05) is 43.2 Å². The van der Waals surface area contributed by atoms with E-state index in [0.717, 1.165) is 25.7 Å². The second-order valence-electron chi connectivity index (χ2n) is 16.1. The van der Waals surface area contributed by atoms with Crippen molar-refractivity contribution in [3.05, 3.63) is 88.8 Å². The minimum atomic E-state index is -1.40. The molecule has 4 aromatic rings. The largest absolute Gasteiger partial charge is 0.492 e. The van der Waals surface area contributed by atoms with E-state index < -0.39 is 53.7 Å². The molecule has 10 N–H and O–H groups in total. The van der Waals surface area contributed by atoms with Gasteiger partial charge in [0.15, 0.2) is 0 Å². The molecule has 5 amide bonds. The van der Waals surface area contributed by atoms with Crippen LogP contribution in [-0.2, 0) is 32.0 Å². The van der Waals surface area contributed by atoms with Gasteiger partial charge in [-0.2, -0.15) is 5.26 Å². The Morgan fingerprint density at radius 1 is 0.924 bits per heavy atom. The third-order valence-corrected chi connectivity index (χ3v) is 11.1. The Labute approximate surface area is 385 Å². The van der Waals surface area contributed by atoms with E-state index in [1.165, 1.54) is 24.4 Å². The molecule has 0 saturated carbocycles. The van der Waals surface area contributed by atoms with Crippen LogP contribution in [0.1, 0.15) is 84.9 Å². The van der Waals surface area contributed by atoms with Gasteiger partial charge >= 0.3 is 0 Å². The molecule has 5 rings (SSSR count). The lowest BCUT2D eigenvalue weighted by Crippen LogP contribution is -2.56. The van der Waals surface area contributed by atoms with Crippen LogP contribution in [0.2, 0.25) is 0 Å². The monoisotopic (exact) mass is 906 g/mol. The Kier molecular flexibility index (Phi) is 18.6. The number of unbranched alkanes of at least 4 members (excludes halogenated alkanes) is 2. The molecule has 0 unspecified atom stereocenters. The highest BCUT2D eigenvalue weighted by molar-refractivity contribution is 5.99. The summed E-state index contributed by atoms with van der Waals surface area (Å²) in [7, 11) is 1.43. The first-order chi connectivity index (χ1) is 31.8. The minimum absolute atomic E-state index is 0.00346. The second-order valence-corrected chi connectivity index (χ2v) is 16.1. The zero-order valence-corrected chi connectivity index (χ0v) is 38.1. The summed E-state index contributed by atoms with van der Waals surface area (Å²) in [5, 5.41) is 19.9. The summed E-state index contributed by atoms with van der Waals surface area (Å²) in [5.41, 5.74) is 21.7. The van der Waals surface area contributed by atoms with Crippen LogP contribution in [0.25, 0.3) is 22.6 Å². The molecule has 0 fully saturated rings. The van der Waals surface area contributed by atoms with Crippen molar-refractivity contribution in [1.29, 1.82) is 5.26 Å². The highest BCUT2D eigenvalue weighted by Crippen LogP contribution is 2.40. The number of rotatable bonds is 20. The van der Waals surface area contributed by atoms with Gasteiger partial charge in [0.1, 0.15) is 55.4 Å². The summed E-state index contributed by atoms with van der Waals surface area (Å²) in [4.78, 5) is 76.2. The average molecular weight is 907 g/mol. The van der Waals surface area contributed by atoms with Crippen LogP contribution < -0.4 is 47.9 Å². The lowest BCUT2D eigenvalue weighted by atomic mass is 9.93. The summed E-state index contributed by atoms with van der Waals surface area (Å²) in [5.74, 6) is -2.44. The van der Waals surface area contributed by atoms with Crippen LogP contribution in [-0.4, -0.2) is 104 Å². The molecule has 0 spiro atoms. The standard InChI is InChI=1S/C48H62N10O8/c1-5-6-7-9-31-11-14-33(15-12-31)47-55-29(2)42(66-47)46(62)56-37(10-8-19-49)48(63)58(4)41-34-16-18-40(65-25-22-52)36(28-34)35-26-32(13-17-39(35)64-24-21-51)27-38(44(60)53-23-20-50)57-43(59)30(3)54-45(41)61/h11-18,26,28,30,37-38,41H,5-10,19,21-25,27,49,51-52H2,1-4H3,(H,53,60)(H,54,61)(H,56,62)(H,57,59)/t30-,37+,38-,41-/m0/s1. The first-order valence-corrected chi connectivity index (χ1v) is 22.4. The third-order valence-electron chi connectivity index (χ3n) is 11.1.